The first-order valence-electron chi connectivity index (χ1n) is 10.2. The minimum atomic E-state index is -5.08. The monoisotopic (exact) mass is 508 g/mol. The van der Waals surface area contributed by atoms with Crippen molar-refractivity contribution in [3.63, 3.8) is 0 Å². The molecular weight excluding hydrogens is 487 g/mol. The van der Waals surface area contributed by atoms with Crippen LogP contribution >= 0.6 is 7.82 Å². The zero-order valence-corrected chi connectivity index (χ0v) is 18.8. The van der Waals surface area contributed by atoms with Crippen LogP contribution in [0.1, 0.15) is 11.8 Å². The van der Waals surface area contributed by atoms with Crippen LogP contribution in [-0.2, 0) is 20.4 Å². The average molecular weight is 508 g/mol. The van der Waals surface area contributed by atoms with Crippen LogP contribution in [0.5, 0.6) is 5.75 Å². The first kappa shape index (κ1) is 24.8. The maximum absolute atomic E-state index is 12.6. The van der Waals surface area contributed by atoms with Gasteiger partial charge in [0.2, 0.25) is 11.7 Å². The summed E-state index contributed by atoms with van der Waals surface area (Å²) in [5.41, 5.74) is 5.68. The lowest BCUT2D eigenvalue weighted by Crippen LogP contribution is -2.46. The van der Waals surface area contributed by atoms with Gasteiger partial charge in [0.25, 0.3) is 19.3 Å². The standard InChI is InChI=1S/C19H21N6O9P/c20-7-10-1-3-11(4-2-10)32-6-5-24-9-25(16-13(24)17(28)23-19(21)22-16)18-15(27)14(26)12(34-18)8-33-35(29,30)31/h1-4,9,12,14-15,18,26-27H,5-6,8H2,(H4-,21,22,23,28,29,30,31)/t12-,14-,15-,18-/m1/s1. The Morgan fingerprint density at radius 2 is 2.06 bits per heavy atom. The number of anilines is 1. The van der Waals surface area contributed by atoms with E-state index in [9.17, 15) is 24.5 Å². The molecule has 1 aliphatic rings. The quantitative estimate of drug-likeness (QED) is 0.159. The molecule has 5 atom stereocenters. The van der Waals surface area contributed by atoms with Gasteiger partial charge in [0.1, 0.15) is 37.2 Å². The first-order chi connectivity index (χ1) is 16.6. The fourth-order valence-corrected chi connectivity index (χ4v) is 4.02. The van der Waals surface area contributed by atoms with Gasteiger partial charge in [0.05, 0.1) is 18.2 Å². The van der Waals surface area contributed by atoms with E-state index in [0.29, 0.717) is 11.3 Å². The van der Waals surface area contributed by atoms with Crippen LogP contribution in [0.15, 0.2) is 35.4 Å². The molecule has 0 aliphatic carbocycles. The number of benzene rings is 1. The smallest absolute Gasteiger partial charge is 0.313 e. The lowest BCUT2D eigenvalue weighted by Gasteiger charge is -2.19. The number of nitrogens with one attached hydrogen (secondary N) is 1. The molecule has 1 aliphatic heterocycles. The van der Waals surface area contributed by atoms with E-state index < -0.39 is 44.5 Å². The van der Waals surface area contributed by atoms with Crippen molar-refractivity contribution < 1.29 is 43.1 Å². The number of nitriles is 1. The number of hydrogen-bond acceptors (Lipinski definition) is 11. The second kappa shape index (κ2) is 9.72. The Labute approximate surface area is 196 Å². The van der Waals surface area contributed by atoms with Crippen molar-refractivity contribution in [3.05, 3.63) is 46.5 Å². The van der Waals surface area contributed by atoms with E-state index in [-0.39, 0.29) is 30.3 Å². The lowest BCUT2D eigenvalue weighted by atomic mass is 10.1. The van der Waals surface area contributed by atoms with Crippen molar-refractivity contribution in [1.29, 1.82) is 5.26 Å². The highest BCUT2D eigenvalue weighted by atomic mass is 31.2. The lowest BCUT2D eigenvalue weighted by molar-refractivity contribution is -0.746. The Balaban J connectivity index is 1.59. The van der Waals surface area contributed by atoms with Crippen LogP contribution in [0.25, 0.3) is 11.2 Å². The topological polar surface area (TPSA) is 233 Å². The van der Waals surface area contributed by atoms with Crippen LogP contribution in [0, 0.1) is 11.3 Å². The summed E-state index contributed by atoms with van der Waals surface area (Å²) in [6.45, 7) is -0.484. The number of nitrogens with two attached hydrogens (primary N) is 1. The predicted molar refractivity (Wildman–Crippen MR) is 113 cm³/mol. The molecule has 35 heavy (non-hydrogen) atoms. The van der Waals surface area contributed by atoms with Crippen LogP contribution in [-0.4, -0.2) is 61.2 Å². The molecule has 1 fully saturated rings. The first-order valence-corrected chi connectivity index (χ1v) is 11.7. The number of nitrogen functional groups attached to an aromatic ring is 1. The van der Waals surface area contributed by atoms with Gasteiger partial charge in [-0.15, -0.1) is 0 Å². The minimum Gasteiger partial charge on any atom is -0.756 e. The van der Waals surface area contributed by atoms with Crippen LogP contribution in [0.2, 0.25) is 0 Å². The Morgan fingerprint density at radius 1 is 1.34 bits per heavy atom. The molecule has 186 valence electrons. The van der Waals surface area contributed by atoms with Crippen molar-refractivity contribution in [3.8, 4) is 11.8 Å². The van der Waals surface area contributed by atoms with Gasteiger partial charge in [-0.3, -0.25) is 18.9 Å². The average Bonchev–Trinajstić information content (AvgIpc) is 3.29. The van der Waals surface area contributed by atoms with Gasteiger partial charge < -0.3 is 39.7 Å². The van der Waals surface area contributed by atoms with Gasteiger partial charge in [0, 0.05) is 0 Å². The van der Waals surface area contributed by atoms with E-state index in [1.165, 1.54) is 15.5 Å². The van der Waals surface area contributed by atoms with E-state index in [2.05, 4.69) is 14.5 Å². The summed E-state index contributed by atoms with van der Waals surface area (Å²) in [5, 5.41) is 29.7. The van der Waals surface area contributed by atoms with Crippen molar-refractivity contribution in [1.82, 2.24) is 14.5 Å². The highest BCUT2D eigenvalue weighted by molar-refractivity contribution is 7.44. The second-order valence-electron chi connectivity index (χ2n) is 7.63. The van der Waals surface area contributed by atoms with E-state index in [0.717, 1.165) is 0 Å². The molecule has 4 rings (SSSR count). The zero-order valence-electron chi connectivity index (χ0n) is 17.9. The SMILES string of the molecule is N#Cc1ccc(OCCn2c[n+]([C@@H]3O[C@H](COP(=O)([O-])O)[C@@H](O)[C@H]3O)c3nc(N)[nH]c(=O)c32)cc1. The van der Waals surface area contributed by atoms with Gasteiger partial charge in [0.15, 0.2) is 6.33 Å². The summed E-state index contributed by atoms with van der Waals surface area (Å²) in [4.78, 5) is 38.8. The largest absolute Gasteiger partial charge is 0.756 e. The molecule has 0 bridgehead atoms. The number of imidazole rings is 1. The molecule has 0 spiro atoms. The minimum absolute atomic E-state index is 0.0269. The van der Waals surface area contributed by atoms with Gasteiger partial charge in [-0.05, 0) is 24.3 Å². The Kier molecular flexibility index (Phi) is 6.88. The van der Waals surface area contributed by atoms with Crippen LogP contribution in [0.3, 0.4) is 0 Å². The number of aliphatic hydroxyl groups is 2. The third kappa shape index (κ3) is 5.34. The summed E-state index contributed by atoms with van der Waals surface area (Å²) in [7, 11) is -5.08. The fraction of sp³-hybridized carbons (Fsp3) is 0.368. The molecule has 16 heteroatoms. The summed E-state index contributed by atoms with van der Waals surface area (Å²) < 4.78 is 29.1. The Morgan fingerprint density at radius 3 is 2.71 bits per heavy atom. The number of rotatable bonds is 8. The molecule has 6 N–H and O–H groups in total. The van der Waals surface area contributed by atoms with Crippen molar-refractivity contribution >= 4 is 24.9 Å². The summed E-state index contributed by atoms with van der Waals surface area (Å²) >= 11 is 0. The fourth-order valence-electron chi connectivity index (χ4n) is 3.68. The third-order valence-corrected chi connectivity index (χ3v) is 5.76. The number of nitrogens with zero attached hydrogens (tertiary/aromatic N) is 4. The number of fused-ring (bicyclic) bond motifs is 1. The number of aliphatic hydroxyl groups excluding tert-OH is 2. The van der Waals surface area contributed by atoms with E-state index in [1.54, 1.807) is 24.3 Å². The maximum Gasteiger partial charge on any atom is 0.313 e. The molecule has 1 unspecified atom stereocenters. The molecule has 2 aromatic heterocycles. The molecule has 0 saturated carbocycles. The normalized spacial score (nSPS) is 23.7. The number of phosphoric ester groups is 1. The molecule has 3 heterocycles. The van der Waals surface area contributed by atoms with Gasteiger partial charge in [-0.25, -0.2) is 4.57 Å². The predicted octanol–water partition coefficient (Wildman–Crippen LogP) is -2.36. The molecule has 0 amide bonds. The van der Waals surface area contributed by atoms with Crippen molar-refractivity contribution in [2.75, 3.05) is 18.9 Å². The van der Waals surface area contributed by atoms with Crippen LogP contribution in [0.4, 0.5) is 5.95 Å². The maximum atomic E-state index is 12.6. The summed E-state index contributed by atoms with van der Waals surface area (Å²) in [6.07, 6.45) is -4.33. The number of aromatic amines is 1. The molecule has 1 aromatic carbocycles. The second-order valence-corrected chi connectivity index (χ2v) is 8.83. The Bertz CT molecular complexity index is 1360. The zero-order chi connectivity index (χ0) is 25.3. The molecule has 1 saturated heterocycles. The number of phosphoric acid groups is 1. The highest BCUT2D eigenvalue weighted by Gasteiger charge is 2.47. The number of aromatic nitrogens is 4. The van der Waals surface area contributed by atoms with Gasteiger partial charge in [-0.2, -0.15) is 5.26 Å². The Hall–Kier alpha value is -3.35. The summed E-state index contributed by atoms with van der Waals surface area (Å²) in [5.74, 6) is 0.299. The van der Waals surface area contributed by atoms with E-state index in [1.807, 2.05) is 6.07 Å². The molecular formula is C19H21N6O9P. The van der Waals surface area contributed by atoms with E-state index in [4.69, 9.17) is 25.4 Å². The third-order valence-electron chi connectivity index (χ3n) is 5.29. The summed E-state index contributed by atoms with van der Waals surface area (Å²) in [6, 6.07) is 8.45. The van der Waals surface area contributed by atoms with E-state index >= 15 is 0 Å². The van der Waals surface area contributed by atoms with Gasteiger partial charge in [-0.1, -0.05) is 4.98 Å². The van der Waals surface area contributed by atoms with Crippen LogP contribution < -0.4 is 25.5 Å². The van der Waals surface area contributed by atoms with Gasteiger partial charge >= 0.3 is 5.65 Å². The highest BCUT2D eigenvalue weighted by Crippen LogP contribution is 2.34. The number of hydrogen-bond donors (Lipinski definition) is 5. The van der Waals surface area contributed by atoms with Crippen molar-refractivity contribution in [2.24, 2.45) is 0 Å². The molecule has 3 aromatic rings. The molecule has 15 nitrogen and oxygen atoms in total. The molecule has 0 radical (unpaired) electrons. The van der Waals surface area contributed by atoms with Crippen molar-refractivity contribution in [2.45, 2.75) is 31.1 Å². The number of H-pyrrole nitrogens is 1. The number of ether oxygens (including phenoxy) is 2.